The quantitative estimate of drug-likeness (QED) is 0.787. The van der Waals surface area contributed by atoms with E-state index >= 15 is 0 Å². The molecule has 26 heavy (non-hydrogen) atoms. The zero-order valence-electron chi connectivity index (χ0n) is 15.4. The molecule has 0 spiro atoms. The third-order valence-corrected chi connectivity index (χ3v) is 7.05. The minimum Gasteiger partial charge on any atom is -0.483 e. The molecule has 2 aliphatic rings. The van der Waals surface area contributed by atoms with Crippen LogP contribution >= 0.6 is 0 Å². The molecule has 2 saturated heterocycles. The van der Waals surface area contributed by atoms with Gasteiger partial charge in [-0.3, -0.25) is 4.79 Å². The van der Waals surface area contributed by atoms with Crippen LogP contribution in [-0.4, -0.2) is 56.3 Å². The van der Waals surface area contributed by atoms with Crippen molar-refractivity contribution < 1.29 is 17.9 Å². The molecule has 2 aliphatic heterocycles. The largest absolute Gasteiger partial charge is 0.483 e. The van der Waals surface area contributed by atoms with E-state index in [1.807, 2.05) is 11.8 Å². The molecule has 3 rings (SSSR count). The Labute approximate surface area is 156 Å². The second kappa shape index (κ2) is 8.39. The number of aryl methyl sites for hydroxylation is 1. The summed E-state index contributed by atoms with van der Waals surface area (Å²) in [5.74, 6) is 0.557. The SMILES string of the molecule is Cc1cc(S(=O)(=O)N2CCCCC2)ccc1OCC(=O)N1CCCCC1. The number of carbonyl (C=O) groups excluding carboxylic acids is 1. The monoisotopic (exact) mass is 380 g/mol. The van der Waals surface area contributed by atoms with Gasteiger partial charge in [-0.2, -0.15) is 4.31 Å². The molecule has 0 radical (unpaired) electrons. The number of ether oxygens (including phenoxy) is 1. The third-order valence-electron chi connectivity index (χ3n) is 5.16. The second-order valence-corrected chi connectivity index (χ2v) is 9.06. The van der Waals surface area contributed by atoms with Gasteiger partial charge < -0.3 is 9.64 Å². The van der Waals surface area contributed by atoms with Crippen molar-refractivity contribution in [1.82, 2.24) is 9.21 Å². The lowest BCUT2D eigenvalue weighted by Gasteiger charge is -2.27. The van der Waals surface area contributed by atoms with E-state index in [9.17, 15) is 13.2 Å². The number of benzene rings is 1. The Balaban J connectivity index is 1.64. The average molecular weight is 381 g/mol. The molecule has 2 heterocycles. The molecule has 1 aromatic rings. The highest BCUT2D eigenvalue weighted by molar-refractivity contribution is 7.89. The first-order chi connectivity index (χ1) is 12.5. The van der Waals surface area contributed by atoms with E-state index in [1.165, 1.54) is 6.42 Å². The summed E-state index contributed by atoms with van der Waals surface area (Å²) in [5, 5.41) is 0. The van der Waals surface area contributed by atoms with E-state index in [0.717, 1.165) is 50.8 Å². The Morgan fingerprint density at radius 2 is 1.62 bits per heavy atom. The minimum atomic E-state index is -3.45. The average Bonchev–Trinajstić information content (AvgIpc) is 2.68. The Morgan fingerprint density at radius 3 is 2.23 bits per heavy atom. The first-order valence-corrected chi connectivity index (χ1v) is 10.9. The number of sulfonamides is 1. The van der Waals surface area contributed by atoms with Crippen molar-refractivity contribution in [2.24, 2.45) is 0 Å². The van der Waals surface area contributed by atoms with Gasteiger partial charge in [0.25, 0.3) is 5.91 Å². The van der Waals surface area contributed by atoms with Crippen LogP contribution in [0.25, 0.3) is 0 Å². The maximum Gasteiger partial charge on any atom is 0.260 e. The summed E-state index contributed by atoms with van der Waals surface area (Å²) in [5.41, 5.74) is 0.731. The van der Waals surface area contributed by atoms with Gasteiger partial charge in [0.1, 0.15) is 5.75 Å². The molecule has 0 aromatic heterocycles. The molecular weight excluding hydrogens is 352 g/mol. The lowest BCUT2D eigenvalue weighted by Crippen LogP contribution is -2.38. The van der Waals surface area contributed by atoms with Gasteiger partial charge in [-0.15, -0.1) is 0 Å². The minimum absolute atomic E-state index is 0.000931. The number of nitrogens with zero attached hydrogens (tertiary/aromatic N) is 2. The van der Waals surface area contributed by atoms with E-state index in [1.54, 1.807) is 22.5 Å². The van der Waals surface area contributed by atoms with Crippen molar-refractivity contribution in [3.05, 3.63) is 23.8 Å². The van der Waals surface area contributed by atoms with Gasteiger partial charge in [-0.25, -0.2) is 8.42 Å². The van der Waals surface area contributed by atoms with E-state index in [-0.39, 0.29) is 12.5 Å². The molecule has 144 valence electrons. The third kappa shape index (κ3) is 4.38. The summed E-state index contributed by atoms with van der Waals surface area (Å²) in [6.07, 6.45) is 6.19. The summed E-state index contributed by atoms with van der Waals surface area (Å²) >= 11 is 0. The van der Waals surface area contributed by atoms with Crippen molar-refractivity contribution in [3.63, 3.8) is 0 Å². The van der Waals surface area contributed by atoms with Crippen LogP contribution in [0.5, 0.6) is 5.75 Å². The predicted molar refractivity (Wildman–Crippen MR) is 99.7 cm³/mol. The number of hydrogen-bond acceptors (Lipinski definition) is 4. The van der Waals surface area contributed by atoms with E-state index in [0.29, 0.717) is 23.7 Å². The molecule has 2 fully saturated rings. The summed E-state index contributed by atoms with van der Waals surface area (Å²) in [7, 11) is -3.45. The van der Waals surface area contributed by atoms with Crippen molar-refractivity contribution >= 4 is 15.9 Å². The summed E-state index contributed by atoms with van der Waals surface area (Å²) < 4.78 is 32.7. The van der Waals surface area contributed by atoms with Crippen LogP contribution in [0, 0.1) is 6.92 Å². The Hall–Kier alpha value is -1.60. The number of amides is 1. The standard InChI is InChI=1S/C19H28N2O4S/c1-16-14-17(26(23,24)21-12-6-3-7-13-21)8-9-18(16)25-15-19(22)20-10-4-2-5-11-20/h8-9,14H,2-7,10-13,15H2,1H3. The van der Waals surface area contributed by atoms with Crippen LogP contribution < -0.4 is 4.74 Å². The fourth-order valence-electron chi connectivity index (χ4n) is 3.57. The summed E-state index contributed by atoms with van der Waals surface area (Å²) in [6, 6.07) is 4.89. The highest BCUT2D eigenvalue weighted by Gasteiger charge is 2.26. The van der Waals surface area contributed by atoms with Crippen LogP contribution in [0.2, 0.25) is 0 Å². The molecule has 1 aromatic carbocycles. The van der Waals surface area contributed by atoms with Crippen molar-refractivity contribution in [2.45, 2.75) is 50.3 Å². The number of rotatable bonds is 5. The topological polar surface area (TPSA) is 66.9 Å². The first-order valence-electron chi connectivity index (χ1n) is 9.50. The zero-order chi connectivity index (χ0) is 18.6. The van der Waals surface area contributed by atoms with E-state index in [2.05, 4.69) is 0 Å². The maximum atomic E-state index is 12.7. The van der Waals surface area contributed by atoms with Crippen LogP contribution in [0.3, 0.4) is 0 Å². The van der Waals surface area contributed by atoms with Gasteiger partial charge in [0.2, 0.25) is 10.0 Å². The molecule has 7 heteroatoms. The van der Waals surface area contributed by atoms with Gasteiger partial charge in [0.05, 0.1) is 4.90 Å². The van der Waals surface area contributed by atoms with Gasteiger partial charge >= 0.3 is 0 Å². The molecule has 0 atom stereocenters. The molecule has 0 aliphatic carbocycles. The van der Waals surface area contributed by atoms with Gasteiger partial charge in [-0.1, -0.05) is 6.42 Å². The summed E-state index contributed by atoms with van der Waals surface area (Å²) in [4.78, 5) is 14.4. The van der Waals surface area contributed by atoms with Crippen LogP contribution in [-0.2, 0) is 14.8 Å². The molecule has 6 nitrogen and oxygen atoms in total. The van der Waals surface area contributed by atoms with Crippen molar-refractivity contribution in [1.29, 1.82) is 0 Å². The van der Waals surface area contributed by atoms with Crippen molar-refractivity contribution in [3.8, 4) is 5.75 Å². The zero-order valence-corrected chi connectivity index (χ0v) is 16.3. The molecule has 0 N–H and O–H groups in total. The smallest absolute Gasteiger partial charge is 0.260 e. The number of piperidine rings is 2. The Bertz CT molecular complexity index is 736. The normalized spacial score (nSPS) is 19.3. The molecule has 0 saturated carbocycles. The highest BCUT2D eigenvalue weighted by Crippen LogP contribution is 2.26. The van der Waals surface area contributed by atoms with Gasteiger partial charge in [-0.05, 0) is 62.8 Å². The van der Waals surface area contributed by atoms with Gasteiger partial charge in [0, 0.05) is 26.2 Å². The number of carbonyl (C=O) groups is 1. The fourth-order valence-corrected chi connectivity index (χ4v) is 5.18. The Kier molecular flexibility index (Phi) is 6.19. The van der Waals surface area contributed by atoms with E-state index in [4.69, 9.17) is 4.74 Å². The van der Waals surface area contributed by atoms with E-state index < -0.39 is 10.0 Å². The molecule has 1 amide bonds. The van der Waals surface area contributed by atoms with Crippen LogP contribution in [0.15, 0.2) is 23.1 Å². The highest BCUT2D eigenvalue weighted by atomic mass is 32.2. The lowest BCUT2D eigenvalue weighted by atomic mass is 10.1. The Morgan fingerprint density at radius 1 is 1.00 bits per heavy atom. The van der Waals surface area contributed by atoms with Gasteiger partial charge in [0.15, 0.2) is 6.61 Å². The molecule has 0 bridgehead atoms. The lowest BCUT2D eigenvalue weighted by molar-refractivity contribution is -0.134. The summed E-state index contributed by atoms with van der Waals surface area (Å²) in [6.45, 7) is 4.59. The number of hydrogen-bond donors (Lipinski definition) is 0. The molecular formula is C19H28N2O4S. The number of likely N-dealkylation sites (tertiary alicyclic amines) is 1. The fraction of sp³-hybridized carbons (Fsp3) is 0.632. The predicted octanol–water partition coefficient (Wildman–Crippen LogP) is 2.56. The maximum absolute atomic E-state index is 12.7. The van der Waals surface area contributed by atoms with Crippen LogP contribution in [0.1, 0.15) is 44.1 Å². The molecule has 0 unspecified atom stereocenters. The second-order valence-electron chi connectivity index (χ2n) is 7.12. The van der Waals surface area contributed by atoms with Crippen molar-refractivity contribution in [2.75, 3.05) is 32.8 Å². The first kappa shape index (κ1) is 19.2. The van der Waals surface area contributed by atoms with Crippen LogP contribution in [0.4, 0.5) is 0 Å².